The number of benzene rings is 2. The van der Waals surface area contributed by atoms with E-state index in [0.29, 0.717) is 6.54 Å². The standard InChI is InChI=1S/C23H27N3O3/c1-16-6-8-18(9-7-16)26-15-17(14-22(26)28)23(29)24-20-4-2-3-5-21(20)25-12-10-19(27)11-13-25/h2-9,17,19,27H,10-15H2,1H3,(H,24,29). The summed E-state index contributed by atoms with van der Waals surface area (Å²) in [7, 11) is 0. The molecule has 1 unspecified atom stereocenters. The Hall–Kier alpha value is -2.86. The molecule has 0 saturated carbocycles. The Bertz CT molecular complexity index is 888. The van der Waals surface area contributed by atoms with Crippen molar-refractivity contribution in [3.63, 3.8) is 0 Å². The Labute approximate surface area is 171 Å². The Kier molecular flexibility index (Phi) is 5.53. The summed E-state index contributed by atoms with van der Waals surface area (Å²) in [6.45, 7) is 3.92. The molecule has 0 aliphatic carbocycles. The van der Waals surface area contributed by atoms with Crippen LogP contribution >= 0.6 is 0 Å². The van der Waals surface area contributed by atoms with Crippen LogP contribution in [0, 0.1) is 12.8 Å². The quantitative estimate of drug-likeness (QED) is 0.838. The van der Waals surface area contributed by atoms with E-state index in [9.17, 15) is 14.7 Å². The van der Waals surface area contributed by atoms with Crippen LogP contribution in [-0.4, -0.2) is 42.7 Å². The van der Waals surface area contributed by atoms with Crippen LogP contribution in [0.25, 0.3) is 0 Å². The maximum atomic E-state index is 12.9. The number of carbonyl (C=O) groups is 2. The zero-order chi connectivity index (χ0) is 20.4. The number of rotatable bonds is 4. The van der Waals surface area contributed by atoms with E-state index in [0.717, 1.165) is 48.6 Å². The first-order chi connectivity index (χ1) is 14.0. The summed E-state index contributed by atoms with van der Waals surface area (Å²) in [5.74, 6) is -0.523. The van der Waals surface area contributed by atoms with Crippen LogP contribution in [0.5, 0.6) is 0 Å². The predicted molar refractivity (Wildman–Crippen MR) is 114 cm³/mol. The zero-order valence-corrected chi connectivity index (χ0v) is 16.7. The van der Waals surface area contributed by atoms with Crippen molar-refractivity contribution < 1.29 is 14.7 Å². The summed E-state index contributed by atoms with van der Waals surface area (Å²) < 4.78 is 0. The molecule has 0 bridgehead atoms. The van der Waals surface area contributed by atoms with Gasteiger partial charge in [-0.3, -0.25) is 9.59 Å². The van der Waals surface area contributed by atoms with Gasteiger partial charge < -0.3 is 20.2 Å². The van der Waals surface area contributed by atoms with Gasteiger partial charge in [-0.05, 0) is 44.0 Å². The van der Waals surface area contributed by atoms with E-state index in [2.05, 4.69) is 10.2 Å². The number of aryl methyl sites for hydroxylation is 1. The van der Waals surface area contributed by atoms with Crippen LogP contribution in [-0.2, 0) is 9.59 Å². The molecule has 2 aliphatic heterocycles. The summed E-state index contributed by atoms with van der Waals surface area (Å²) in [5.41, 5.74) is 3.70. The second kappa shape index (κ2) is 8.25. The first-order valence-corrected chi connectivity index (χ1v) is 10.2. The van der Waals surface area contributed by atoms with Crippen molar-refractivity contribution in [2.45, 2.75) is 32.3 Å². The fraction of sp³-hybridized carbons (Fsp3) is 0.391. The molecule has 2 N–H and O–H groups in total. The smallest absolute Gasteiger partial charge is 0.229 e. The minimum atomic E-state index is -0.375. The van der Waals surface area contributed by atoms with Crippen LogP contribution in [0.4, 0.5) is 17.1 Å². The number of amides is 2. The van der Waals surface area contributed by atoms with Gasteiger partial charge in [0.05, 0.1) is 23.4 Å². The molecule has 4 rings (SSSR count). The summed E-state index contributed by atoms with van der Waals surface area (Å²) in [5, 5.41) is 12.8. The number of anilines is 3. The van der Waals surface area contributed by atoms with Crippen molar-refractivity contribution in [2.24, 2.45) is 5.92 Å². The average Bonchev–Trinajstić information content (AvgIpc) is 3.12. The number of nitrogens with zero attached hydrogens (tertiary/aromatic N) is 2. The number of carbonyl (C=O) groups excluding carboxylic acids is 2. The fourth-order valence-electron chi connectivity index (χ4n) is 4.05. The molecule has 2 saturated heterocycles. The molecule has 29 heavy (non-hydrogen) atoms. The third-order valence-electron chi connectivity index (χ3n) is 5.81. The number of piperidine rings is 1. The topological polar surface area (TPSA) is 72.9 Å². The molecule has 1 atom stereocenters. The van der Waals surface area contributed by atoms with E-state index in [-0.39, 0.29) is 30.3 Å². The van der Waals surface area contributed by atoms with E-state index in [1.165, 1.54) is 0 Å². The number of nitrogens with one attached hydrogen (secondary N) is 1. The van der Waals surface area contributed by atoms with E-state index >= 15 is 0 Å². The van der Waals surface area contributed by atoms with Gasteiger partial charge in [0, 0.05) is 31.7 Å². The SMILES string of the molecule is Cc1ccc(N2CC(C(=O)Nc3ccccc3N3CCC(O)CC3)CC2=O)cc1. The molecule has 2 aromatic rings. The molecule has 2 aromatic carbocycles. The highest BCUT2D eigenvalue weighted by atomic mass is 16.3. The highest BCUT2D eigenvalue weighted by molar-refractivity contribution is 6.04. The molecule has 2 amide bonds. The van der Waals surface area contributed by atoms with Gasteiger partial charge >= 0.3 is 0 Å². The molecule has 2 fully saturated rings. The van der Waals surface area contributed by atoms with Crippen molar-refractivity contribution >= 4 is 28.9 Å². The maximum Gasteiger partial charge on any atom is 0.229 e. The zero-order valence-electron chi connectivity index (χ0n) is 16.7. The minimum absolute atomic E-state index is 0.0210. The molecule has 0 spiro atoms. The Morgan fingerprint density at radius 1 is 1.07 bits per heavy atom. The average molecular weight is 393 g/mol. The van der Waals surface area contributed by atoms with Crippen LogP contribution in [0.1, 0.15) is 24.8 Å². The van der Waals surface area contributed by atoms with Gasteiger partial charge in [-0.2, -0.15) is 0 Å². The van der Waals surface area contributed by atoms with Gasteiger partial charge in [0.1, 0.15) is 0 Å². The number of aliphatic hydroxyl groups excluding tert-OH is 1. The highest BCUT2D eigenvalue weighted by Crippen LogP contribution is 2.31. The van der Waals surface area contributed by atoms with Crippen LogP contribution < -0.4 is 15.1 Å². The third kappa shape index (κ3) is 4.27. The lowest BCUT2D eigenvalue weighted by atomic mass is 10.1. The Morgan fingerprint density at radius 3 is 2.48 bits per heavy atom. The summed E-state index contributed by atoms with van der Waals surface area (Å²) in [6.07, 6.45) is 1.43. The molecule has 2 aliphatic rings. The largest absolute Gasteiger partial charge is 0.393 e. The first kappa shape index (κ1) is 19.5. The predicted octanol–water partition coefficient (Wildman–Crippen LogP) is 2.95. The molecule has 0 aromatic heterocycles. The van der Waals surface area contributed by atoms with E-state index in [1.807, 2.05) is 55.5 Å². The lowest BCUT2D eigenvalue weighted by molar-refractivity contribution is -0.122. The van der Waals surface area contributed by atoms with Crippen LogP contribution in [0.3, 0.4) is 0 Å². The van der Waals surface area contributed by atoms with Gasteiger partial charge in [-0.25, -0.2) is 0 Å². The van der Waals surface area contributed by atoms with E-state index in [4.69, 9.17) is 0 Å². The van der Waals surface area contributed by atoms with Gasteiger partial charge in [0.2, 0.25) is 11.8 Å². The third-order valence-corrected chi connectivity index (χ3v) is 5.81. The monoisotopic (exact) mass is 393 g/mol. The van der Waals surface area contributed by atoms with Crippen molar-refractivity contribution in [1.82, 2.24) is 0 Å². The molecular weight excluding hydrogens is 366 g/mol. The van der Waals surface area contributed by atoms with Crippen LogP contribution in [0.15, 0.2) is 48.5 Å². The normalized spacial score (nSPS) is 20.2. The molecule has 0 radical (unpaired) electrons. The number of hydrogen-bond donors (Lipinski definition) is 2. The molecule has 152 valence electrons. The fourth-order valence-corrected chi connectivity index (χ4v) is 4.05. The molecule has 6 nitrogen and oxygen atoms in total. The highest BCUT2D eigenvalue weighted by Gasteiger charge is 2.35. The van der Waals surface area contributed by atoms with Crippen molar-refractivity contribution in [1.29, 1.82) is 0 Å². The summed E-state index contributed by atoms with van der Waals surface area (Å²) in [4.78, 5) is 29.3. The second-order valence-corrected chi connectivity index (χ2v) is 7.97. The lowest BCUT2D eigenvalue weighted by Gasteiger charge is -2.33. The second-order valence-electron chi connectivity index (χ2n) is 7.97. The summed E-state index contributed by atoms with van der Waals surface area (Å²) in [6, 6.07) is 15.5. The Balaban J connectivity index is 1.45. The lowest BCUT2D eigenvalue weighted by Crippen LogP contribution is -2.36. The molecule has 2 heterocycles. The van der Waals surface area contributed by atoms with Crippen molar-refractivity contribution in [3.05, 3.63) is 54.1 Å². The van der Waals surface area contributed by atoms with Crippen molar-refractivity contribution in [3.8, 4) is 0 Å². The van der Waals surface area contributed by atoms with Gasteiger partial charge in [0.15, 0.2) is 0 Å². The first-order valence-electron chi connectivity index (χ1n) is 10.2. The van der Waals surface area contributed by atoms with Gasteiger partial charge in [0.25, 0.3) is 0 Å². The minimum Gasteiger partial charge on any atom is -0.393 e. The van der Waals surface area contributed by atoms with E-state index in [1.54, 1.807) is 4.90 Å². The molecular formula is C23H27N3O3. The molecule has 6 heteroatoms. The summed E-state index contributed by atoms with van der Waals surface area (Å²) >= 11 is 0. The number of aliphatic hydroxyl groups is 1. The number of para-hydroxylation sites is 2. The Morgan fingerprint density at radius 2 is 1.76 bits per heavy atom. The van der Waals surface area contributed by atoms with E-state index < -0.39 is 0 Å². The van der Waals surface area contributed by atoms with Gasteiger partial charge in [-0.1, -0.05) is 29.8 Å². The van der Waals surface area contributed by atoms with Gasteiger partial charge in [-0.15, -0.1) is 0 Å². The number of hydrogen-bond acceptors (Lipinski definition) is 4. The van der Waals surface area contributed by atoms with Crippen LogP contribution in [0.2, 0.25) is 0 Å². The maximum absolute atomic E-state index is 12.9. The van der Waals surface area contributed by atoms with Crippen molar-refractivity contribution in [2.75, 3.05) is 34.8 Å².